The molecule has 1 aliphatic carbocycles. The summed E-state index contributed by atoms with van der Waals surface area (Å²) in [6.07, 6.45) is 0.440. The second-order valence-corrected chi connectivity index (χ2v) is 12.1. The summed E-state index contributed by atoms with van der Waals surface area (Å²) < 4.78 is 80.2. The van der Waals surface area contributed by atoms with Crippen molar-refractivity contribution in [1.29, 1.82) is 0 Å². The molecule has 2 N–H and O–H groups in total. The van der Waals surface area contributed by atoms with E-state index in [9.17, 15) is 30.8 Å². The van der Waals surface area contributed by atoms with Gasteiger partial charge >= 0.3 is 6.18 Å². The molecule has 0 unspecified atom stereocenters. The zero-order valence-corrected chi connectivity index (χ0v) is 22.2. The number of carbonyl (C=O) groups excluding carboxylic acids is 1. The van der Waals surface area contributed by atoms with Gasteiger partial charge in [-0.3, -0.25) is 9.52 Å². The second kappa shape index (κ2) is 10.7. The quantitative estimate of drug-likeness (QED) is 0.470. The lowest BCUT2D eigenvalue weighted by molar-refractivity contribution is -0.141. The highest BCUT2D eigenvalue weighted by atomic mass is 32.2. The van der Waals surface area contributed by atoms with E-state index in [0.717, 1.165) is 38.0 Å². The first-order valence-corrected chi connectivity index (χ1v) is 14.6. The molecule has 0 atom stereocenters. The van der Waals surface area contributed by atoms with Gasteiger partial charge in [0, 0.05) is 25.2 Å². The number of sulfonamides is 1. The lowest BCUT2D eigenvalue weighted by Gasteiger charge is -2.33. The van der Waals surface area contributed by atoms with Crippen LogP contribution in [0.4, 0.5) is 29.1 Å². The van der Waals surface area contributed by atoms with Crippen LogP contribution in [-0.2, 0) is 33.0 Å². The molecular weight excluding hydrogens is 524 g/mol. The van der Waals surface area contributed by atoms with Crippen LogP contribution in [0.3, 0.4) is 0 Å². The van der Waals surface area contributed by atoms with Crippen molar-refractivity contribution >= 4 is 27.4 Å². The first kappa shape index (κ1) is 28.1. The van der Waals surface area contributed by atoms with Crippen LogP contribution >= 0.6 is 0 Å². The average Bonchev–Trinajstić information content (AvgIpc) is 3.34. The number of benzene rings is 1. The predicted molar refractivity (Wildman–Crippen MR) is 137 cm³/mol. The third kappa shape index (κ3) is 6.22. The summed E-state index contributed by atoms with van der Waals surface area (Å²) in [4.78, 5) is 19.3. The molecule has 4 rings (SSSR count). The van der Waals surface area contributed by atoms with Gasteiger partial charge in [0.1, 0.15) is 17.3 Å². The summed E-state index contributed by atoms with van der Waals surface area (Å²) in [7, 11) is -3.68. The van der Waals surface area contributed by atoms with Crippen LogP contribution in [-0.4, -0.2) is 38.7 Å². The maximum Gasteiger partial charge on any atom is 0.433 e. The van der Waals surface area contributed by atoms with Gasteiger partial charge in [-0.15, -0.1) is 0 Å². The van der Waals surface area contributed by atoms with Crippen molar-refractivity contribution in [3.05, 3.63) is 53.0 Å². The predicted octanol–water partition coefficient (Wildman–Crippen LogP) is 4.98. The zero-order valence-electron chi connectivity index (χ0n) is 21.4. The molecule has 2 aromatic rings. The third-order valence-corrected chi connectivity index (χ3v) is 8.07. The molecule has 2 heterocycles. The number of amides is 1. The zero-order chi connectivity index (χ0) is 27.7. The normalized spacial score (nSPS) is 18.4. The highest BCUT2D eigenvalue weighted by Gasteiger charge is 2.43. The van der Waals surface area contributed by atoms with Crippen LogP contribution < -0.4 is 14.9 Å². The maximum absolute atomic E-state index is 14.8. The molecule has 7 nitrogen and oxygen atoms in total. The van der Waals surface area contributed by atoms with Gasteiger partial charge in [0.2, 0.25) is 15.9 Å². The van der Waals surface area contributed by atoms with Gasteiger partial charge in [0.25, 0.3) is 0 Å². The number of hydrogen-bond donors (Lipinski definition) is 2. The average molecular weight is 557 g/mol. The maximum atomic E-state index is 14.8. The minimum atomic E-state index is -4.59. The number of anilines is 2. The highest BCUT2D eigenvalue weighted by molar-refractivity contribution is 7.92. The molecule has 0 bridgehead atoms. The first-order chi connectivity index (χ1) is 17.8. The van der Waals surface area contributed by atoms with E-state index in [2.05, 4.69) is 21.9 Å². The van der Waals surface area contributed by atoms with Gasteiger partial charge in [0.05, 0.1) is 17.4 Å². The molecule has 0 radical (unpaired) electrons. The van der Waals surface area contributed by atoms with E-state index >= 15 is 0 Å². The summed E-state index contributed by atoms with van der Waals surface area (Å²) in [6.45, 7) is 3.23. The van der Waals surface area contributed by atoms with E-state index in [0.29, 0.717) is 43.0 Å². The summed E-state index contributed by atoms with van der Waals surface area (Å²) in [5.41, 5.74) is -1.30. The molecule has 0 spiro atoms. The van der Waals surface area contributed by atoms with E-state index < -0.39 is 33.1 Å². The first-order valence-electron chi connectivity index (χ1n) is 12.7. The Kier molecular flexibility index (Phi) is 7.92. The van der Waals surface area contributed by atoms with Crippen molar-refractivity contribution in [3.8, 4) is 0 Å². The van der Waals surface area contributed by atoms with Crippen molar-refractivity contribution in [2.24, 2.45) is 5.92 Å². The Hall–Kier alpha value is -2.89. The Morgan fingerprint density at radius 3 is 2.37 bits per heavy atom. The fraction of sp³-hybridized carbons (Fsp3) is 0.538. The number of carbonyl (C=O) groups is 1. The number of rotatable bonds is 7. The van der Waals surface area contributed by atoms with Gasteiger partial charge in [0.15, 0.2) is 0 Å². The van der Waals surface area contributed by atoms with Crippen LogP contribution in [0.5, 0.6) is 0 Å². The number of nitrogens with zero attached hydrogens (tertiary/aromatic N) is 2. The molecule has 1 saturated heterocycles. The fourth-order valence-electron chi connectivity index (χ4n) is 5.33. The summed E-state index contributed by atoms with van der Waals surface area (Å²) >= 11 is 0. The topological polar surface area (TPSA) is 91.4 Å². The van der Waals surface area contributed by atoms with Crippen molar-refractivity contribution in [2.45, 2.75) is 63.6 Å². The van der Waals surface area contributed by atoms with Gasteiger partial charge in [-0.2, -0.15) is 13.2 Å². The monoisotopic (exact) mass is 556 g/mol. The molecule has 12 heteroatoms. The van der Waals surface area contributed by atoms with Crippen LogP contribution in [0.25, 0.3) is 0 Å². The highest BCUT2D eigenvalue weighted by Crippen LogP contribution is 2.42. The SMILES string of the molecule is CC1CCN(c2nc(C(F)(F)F)ccc2CNC(=O)C2(c3ccc(NS(C)(=O)=O)c(F)c3)CCCC2)CC1. The molecule has 1 aliphatic heterocycles. The fourth-order valence-corrected chi connectivity index (χ4v) is 5.90. The number of hydrogen-bond acceptors (Lipinski definition) is 5. The summed E-state index contributed by atoms with van der Waals surface area (Å²) in [5.74, 6) is -0.450. The Labute approximate surface area is 220 Å². The summed E-state index contributed by atoms with van der Waals surface area (Å²) in [5, 5.41) is 2.88. The molecule has 2 fully saturated rings. The third-order valence-electron chi connectivity index (χ3n) is 7.48. The Morgan fingerprint density at radius 1 is 1.13 bits per heavy atom. The van der Waals surface area contributed by atoms with Gasteiger partial charge < -0.3 is 10.2 Å². The molecule has 1 amide bonds. The van der Waals surface area contributed by atoms with Gasteiger partial charge in [-0.05, 0) is 55.4 Å². The van der Waals surface area contributed by atoms with E-state index in [4.69, 9.17) is 0 Å². The Balaban J connectivity index is 1.58. The number of aromatic nitrogens is 1. The number of pyridine rings is 1. The van der Waals surface area contributed by atoms with Crippen molar-refractivity contribution in [3.63, 3.8) is 0 Å². The molecular formula is C26H32F4N4O3S. The van der Waals surface area contributed by atoms with Crippen LogP contribution in [0.1, 0.15) is 62.3 Å². The van der Waals surface area contributed by atoms with E-state index in [1.165, 1.54) is 18.2 Å². The van der Waals surface area contributed by atoms with Crippen molar-refractivity contribution < 1.29 is 30.8 Å². The number of piperidine rings is 1. The largest absolute Gasteiger partial charge is 0.433 e. The summed E-state index contributed by atoms with van der Waals surface area (Å²) in [6, 6.07) is 6.30. The lowest BCUT2D eigenvalue weighted by Crippen LogP contribution is -2.43. The number of alkyl halides is 3. The smallest absolute Gasteiger partial charge is 0.356 e. The van der Waals surface area contributed by atoms with Gasteiger partial charge in [-0.25, -0.2) is 17.8 Å². The molecule has 1 saturated carbocycles. The van der Waals surface area contributed by atoms with E-state index in [1.807, 2.05) is 4.90 Å². The van der Waals surface area contributed by atoms with Crippen LogP contribution in [0, 0.1) is 11.7 Å². The molecule has 1 aromatic heterocycles. The standard InChI is InChI=1S/C26H32F4N4O3S/c1-17-9-13-34(14-10-17)23-18(5-8-22(32-23)26(28,29)30)16-31-24(35)25(11-3-4-12-25)19-6-7-21(20(27)15-19)33-38(2,36)37/h5-8,15,17,33H,3-4,9-14,16H2,1-2H3,(H,31,35). The van der Waals surface area contributed by atoms with E-state index in [1.54, 1.807) is 6.07 Å². The number of nitrogens with one attached hydrogen (secondary N) is 2. The molecule has 208 valence electrons. The van der Waals surface area contributed by atoms with Crippen molar-refractivity contribution in [1.82, 2.24) is 10.3 Å². The Morgan fingerprint density at radius 2 is 1.79 bits per heavy atom. The minimum Gasteiger partial charge on any atom is -0.356 e. The molecule has 2 aliphatic rings. The van der Waals surface area contributed by atoms with E-state index in [-0.39, 0.29) is 24.0 Å². The number of halogens is 4. The van der Waals surface area contributed by atoms with Crippen LogP contribution in [0.2, 0.25) is 0 Å². The molecule has 1 aromatic carbocycles. The lowest BCUT2D eigenvalue weighted by atomic mass is 9.77. The minimum absolute atomic E-state index is 0.0245. The second-order valence-electron chi connectivity index (χ2n) is 10.4. The molecule has 38 heavy (non-hydrogen) atoms. The van der Waals surface area contributed by atoms with Crippen molar-refractivity contribution in [2.75, 3.05) is 29.0 Å². The Bertz CT molecular complexity index is 1290. The van der Waals surface area contributed by atoms with Crippen LogP contribution in [0.15, 0.2) is 30.3 Å². The van der Waals surface area contributed by atoms with Gasteiger partial charge in [-0.1, -0.05) is 31.9 Å².